The number of rotatable bonds is 7. The molecule has 0 aliphatic carbocycles. The van der Waals surface area contributed by atoms with Gasteiger partial charge in [-0.2, -0.15) is 0 Å². The third-order valence-corrected chi connectivity index (χ3v) is 6.91. The van der Waals surface area contributed by atoms with Crippen LogP contribution in [0.25, 0.3) is 0 Å². The fourth-order valence-electron chi connectivity index (χ4n) is 4.34. The van der Waals surface area contributed by atoms with Crippen molar-refractivity contribution in [3.05, 3.63) is 75.5 Å². The number of esters is 1. The van der Waals surface area contributed by atoms with Gasteiger partial charge in [0.15, 0.2) is 11.5 Å². The normalized spacial score (nSPS) is 16.9. The van der Waals surface area contributed by atoms with Crippen molar-refractivity contribution >= 4 is 34.8 Å². The number of hydrogen-bond donors (Lipinski definition) is 1. The van der Waals surface area contributed by atoms with E-state index in [1.807, 2.05) is 17.5 Å². The van der Waals surface area contributed by atoms with Gasteiger partial charge < -0.3 is 24.4 Å². The minimum absolute atomic E-state index is 0.214. The number of methoxy groups -OCH3 is 2. The molecular weight excluding hydrogens is 468 g/mol. The number of para-hydroxylation sites is 1. The molecule has 0 spiro atoms. The highest BCUT2D eigenvalue weighted by molar-refractivity contribution is 7.10. The Kier molecular flexibility index (Phi) is 7.07. The second-order valence-electron chi connectivity index (χ2n) is 7.90. The summed E-state index contributed by atoms with van der Waals surface area (Å²) >= 11 is 1.47. The Labute approximate surface area is 207 Å². The van der Waals surface area contributed by atoms with Crippen molar-refractivity contribution in [3.8, 4) is 11.5 Å². The summed E-state index contributed by atoms with van der Waals surface area (Å²) in [6.45, 7) is 1.93. The van der Waals surface area contributed by atoms with Gasteiger partial charge in [0, 0.05) is 17.5 Å². The molecule has 2 heterocycles. The Hall–Kier alpha value is -3.85. The average Bonchev–Trinajstić information content (AvgIpc) is 3.40. The Morgan fingerprint density at radius 2 is 1.77 bits per heavy atom. The predicted octanol–water partition coefficient (Wildman–Crippen LogP) is 4.49. The molecule has 0 bridgehead atoms. The zero-order valence-corrected chi connectivity index (χ0v) is 20.7. The molecule has 0 fully saturated rings. The molecule has 1 N–H and O–H groups in total. The third kappa shape index (κ3) is 4.46. The molecule has 182 valence electrons. The molecular formula is C26H26N2O6S. The highest BCUT2D eigenvalue weighted by Crippen LogP contribution is 2.47. The molecule has 1 aliphatic rings. The average molecular weight is 495 g/mol. The van der Waals surface area contributed by atoms with E-state index in [9.17, 15) is 14.4 Å². The highest BCUT2D eigenvalue weighted by atomic mass is 32.1. The second-order valence-corrected chi connectivity index (χ2v) is 8.88. The Morgan fingerprint density at radius 3 is 2.43 bits per heavy atom. The van der Waals surface area contributed by atoms with E-state index in [4.69, 9.17) is 14.2 Å². The second kappa shape index (κ2) is 10.2. The zero-order valence-electron chi connectivity index (χ0n) is 19.9. The lowest BCUT2D eigenvalue weighted by Gasteiger charge is -2.39. The summed E-state index contributed by atoms with van der Waals surface area (Å²) in [7, 11) is 4.67. The van der Waals surface area contributed by atoms with Crippen molar-refractivity contribution in [2.24, 2.45) is 0 Å². The maximum absolute atomic E-state index is 13.9. The molecule has 2 atom stereocenters. The van der Waals surface area contributed by atoms with Crippen LogP contribution in [0, 0.1) is 0 Å². The van der Waals surface area contributed by atoms with Crippen molar-refractivity contribution in [1.82, 2.24) is 4.90 Å². The summed E-state index contributed by atoms with van der Waals surface area (Å²) < 4.78 is 16.0. The first-order valence-electron chi connectivity index (χ1n) is 11.0. The molecule has 1 aromatic heterocycles. The first-order valence-corrected chi connectivity index (χ1v) is 11.9. The molecule has 4 rings (SSSR count). The number of ether oxygens (including phenoxy) is 3. The number of nitrogens with one attached hydrogen (secondary N) is 1. The van der Waals surface area contributed by atoms with Gasteiger partial charge >= 0.3 is 5.97 Å². The number of likely N-dealkylation sites (N-methyl/N-ethyl adjacent to an activating group) is 1. The molecule has 35 heavy (non-hydrogen) atoms. The Bertz CT molecular complexity index is 1260. The zero-order chi connectivity index (χ0) is 25.1. The molecule has 0 radical (unpaired) electrons. The molecule has 3 aromatic rings. The fourth-order valence-corrected chi connectivity index (χ4v) is 5.24. The fraction of sp³-hybridized carbons (Fsp3) is 0.269. The van der Waals surface area contributed by atoms with Crippen LogP contribution in [0.2, 0.25) is 0 Å². The number of hydrogen-bond acceptors (Lipinski definition) is 7. The van der Waals surface area contributed by atoms with E-state index in [2.05, 4.69) is 5.32 Å². The van der Waals surface area contributed by atoms with Gasteiger partial charge in [-0.25, -0.2) is 4.79 Å². The van der Waals surface area contributed by atoms with Gasteiger partial charge in [0.2, 0.25) is 5.91 Å². The van der Waals surface area contributed by atoms with Crippen molar-refractivity contribution in [1.29, 1.82) is 0 Å². The predicted molar refractivity (Wildman–Crippen MR) is 132 cm³/mol. The number of thiophene rings is 1. The van der Waals surface area contributed by atoms with Gasteiger partial charge in [-0.15, -0.1) is 11.3 Å². The van der Waals surface area contributed by atoms with Gasteiger partial charge in [-0.3, -0.25) is 9.59 Å². The largest absolute Gasteiger partial charge is 0.493 e. The highest BCUT2D eigenvalue weighted by Gasteiger charge is 2.44. The number of benzene rings is 2. The topological polar surface area (TPSA) is 94.2 Å². The van der Waals surface area contributed by atoms with Crippen molar-refractivity contribution in [3.63, 3.8) is 0 Å². The molecule has 8 nitrogen and oxygen atoms in total. The number of amides is 2. The third-order valence-electron chi connectivity index (χ3n) is 5.97. The number of carbonyl (C=O) groups is 3. The van der Waals surface area contributed by atoms with E-state index in [0.717, 1.165) is 4.88 Å². The van der Waals surface area contributed by atoms with E-state index in [-0.39, 0.29) is 24.0 Å². The molecule has 1 aliphatic heterocycles. The van der Waals surface area contributed by atoms with Crippen LogP contribution in [0.1, 0.15) is 50.0 Å². The maximum Gasteiger partial charge on any atom is 0.340 e. The number of nitrogens with zero attached hydrogens (tertiary/aromatic N) is 1. The Morgan fingerprint density at radius 1 is 1.06 bits per heavy atom. The quantitative estimate of drug-likeness (QED) is 0.487. The maximum atomic E-state index is 13.9. The summed E-state index contributed by atoms with van der Waals surface area (Å²) in [6.07, 6.45) is 0. The van der Waals surface area contributed by atoms with Crippen LogP contribution in [0.4, 0.5) is 5.69 Å². The molecule has 0 unspecified atom stereocenters. The monoisotopic (exact) mass is 494 g/mol. The molecule has 2 aromatic carbocycles. The van der Waals surface area contributed by atoms with E-state index in [0.29, 0.717) is 28.3 Å². The first-order chi connectivity index (χ1) is 16.9. The number of anilines is 1. The van der Waals surface area contributed by atoms with E-state index in [1.54, 1.807) is 55.3 Å². The van der Waals surface area contributed by atoms with Crippen LogP contribution in [0.5, 0.6) is 11.5 Å². The molecule has 9 heteroatoms. The summed E-state index contributed by atoms with van der Waals surface area (Å²) in [5.74, 6) is -1.08. The first kappa shape index (κ1) is 24.3. The smallest absolute Gasteiger partial charge is 0.340 e. The number of fused-ring (bicyclic) bond motifs is 1. The molecule has 0 saturated heterocycles. The lowest BCUT2D eigenvalue weighted by Crippen LogP contribution is -2.43. The van der Waals surface area contributed by atoms with Crippen molar-refractivity contribution in [2.75, 3.05) is 33.2 Å². The van der Waals surface area contributed by atoms with Crippen LogP contribution in [0.3, 0.4) is 0 Å². The molecule has 0 saturated carbocycles. The standard InChI is InChI=1S/C26H26N2O6S/c1-5-34-26(31)15-9-6-7-10-18(15)27-24(29)22-16-13-19(32-3)20(33-4)14-17(16)25(30)28(2)23(22)21-11-8-12-35-21/h6-14,22-23H,5H2,1-4H3,(H,27,29)/t22-,23-/m1/s1. The van der Waals surface area contributed by atoms with E-state index in [1.165, 1.54) is 25.6 Å². The van der Waals surface area contributed by atoms with Gasteiger partial charge in [-0.1, -0.05) is 18.2 Å². The lowest BCUT2D eigenvalue weighted by atomic mass is 9.81. The van der Waals surface area contributed by atoms with Gasteiger partial charge in [0.1, 0.15) is 0 Å². The van der Waals surface area contributed by atoms with Gasteiger partial charge in [-0.05, 0) is 48.2 Å². The summed E-state index contributed by atoms with van der Waals surface area (Å²) in [6, 6.07) is 13.2. The van der Waals surface area contributed by atoms with Crippen LogP contribution < -0.4 is 14.8 Å². The molecule has 2 amide bonds. The van der Waals surface area contributed by atoms with Crippen LogP contribution in [-0.2, 0) is 9.53 Å². The minimum Gasteiger partial charge on any atom is -0.493 e. The van der Waals surface area contributed by atoms with Crippen molar-refractivity contribution < 1.29 is 28.6 Å². The van der Waals surface area contributed by atoms with Gasteiger partial charge in [0.25, 0.3) is 5.91 Å². The Balaban J connectivity index is 1.84. The summed E-state index contributed by atoms with van der Waals surface area (Å²) in [5, 5.41) is 4.81. The summed E-state index contributed by atoms with van der Waals surface area (Å²) in [5.41, 5.74) is 1.47. The van der Waals surface area contributed by atoms with Gasteiger partial charge in [0.05, 0.1) is 44.0 Å². The van der Waals surface area contributed by atoms with Crippen molar-refractivity contribution in [2.45, 2.75) is 18.9 Å². The van der Waals surface area contributed by atoms with Crippen LogP contribution in [0.15, 0.2) is 53.9 Å². The van der Waals surface area contributed by atoms with E-state index >= 15 is 0 Å². The minimum atomic E-state index is -0.776. The lowest BCUT2D eigenvalue weighted by molar-refractivity contribution is -0.119. The number of carbonyl (C=O) groups excluding carboxylic acids is 3. The SMILES string of the molecule is CCOC(=O)c1ccccc1NC(=O)[C@@H]1c2cc(OC)c(OC)cc2C(=O)N(C)[C@@H]1c1cccs1. The van der Waals surface area contributed by atoms with E-state index < -0.39 is 17.9 Å². The van der Waals surface area contributed by atoms with Crippen LogP contribution in [-0.4, -0.2) is 50.6 Å². The van der Waals surface area contributed by atoms with Crippen LogP contribution >= 0.6 is 11.3 Å². The summed E-state index contributed by atoms with van der Waals surface area (Å²) in [4.78, 5) is 42.2.